The first-order chi connectivity index (χ1) is 9.78. The molecule has 1 aromatic carbocycles. The number of carbonyl (C=O) groups excluding carboxylic acids is 1. The highest BCUT2D eigenvalue weighted by atomic mass is 32.2. The fourth-order valence-electron chi connectivity index (χ4n) is 1.78. The second-order valence-electron chi connectivity index (χ2n) is 6.13. The third-order valence-electron chi connectivity index (χ3n) is 2.64. The number of anilines is 1. The zero-order valence-electron chi connectivity index (χ0n) is 12.8. The molecule has 0 heterocycles. The van der Waals surface area contributed by atoms with Crippen LogP contribution in [0.1, 0.15) is 40.0 Å². The van der Waals surface area contributed by atoms with Crippen LogP contribution in [-0.4, -0.2) is 22.7 Å². The van der Waals surface area contributed by atoms with Crippen LogP contribution in [0.15, 0.2) is 29.2 Å². The molecule has 0 saturated carbocycles. The van der Waals surface area contributed by atoms with Gasteiger partial charge in [0.1, 0.15) is 0 Å². The molecule has 0 atom stereocenters. The van der Waals surface area contributed by atoms with E-state index in [0.29, 0.717) is 12.8 Å². The predicted molar refractivity (Wildman–Crippen MR) is 86.7 cm³/mol. The number of benzene rings is 1. The Bertz CT molecular complexity index is 495. The summed E-state index contributed by atoms with van der Waals surface area (Å²) in [5, 5.41) is 11.6. The molecule has 0 fully saturated rings. The number of aliphatic carboxylic acids is 1. The third kappa shape index (κ3) is 7.75. The molecular weight excluding hydrogens is 286 g/mol. The predicted octanol–water partition coefficient (Wildman–Crippen LogP) is 4.02. The van der Waals surface area contributed by atoms with Crippen molar-refractivity contribution < 1.29 is 14.7 Å². The second-order valence-corrected chi connectivity index (χ2v) is 7.26. The number of carboxylic acids is 1. The van der Waals surface area contributed by atoms with Gasteiger partial charge in [0.05, 0.1) is 5.69 Å². The van der Waals surface area contributed by atoms with E-state index in [1.54, 1.807) is 11.8 Å². The van der Waals surface area contributed by atoms with Gasteiger partial charge in [0.2, 0.25) is 5.91 Å². The molecular formula is C16H23NO3S. The molecule has 0 saturated heterocycles. The van der Waals surface area contributed by atoms with Crippen LogP contribution >= 0.6 is 11.8 Å². The molecule has 0 spiro atoms. The summed E-state index contributed by atoms with van der Waals surface area (Å²) in [6.07, 6.45) is 1.25. The normalized spacial score (nSPS) is 11.2. The van der Waals surface area contributed by atoms with Crippen molar-refractivity contribution in [3.63, 3.8) is 0 Å². The van der Waals surface area contributed by atoms with Gasteiger partial charge in [-0.15, -0.1) is 11.8 Å². The number of rotatable bonds is 7. The highest BCUT2D eigenvalue weighted by Gasteiger charge is 2.16. The minimum Gasteiger partial charge on any atom is -0.481 e. The monoisotopic (exact) mass is 309 g/mol. The maximum Gasteiger partial charge on any atom is 0.303 e. The van der Waals surface area contributed by atoms with Crippen LogP contribution in [0.25, 0.3) is 0 Å². The Kier molecular flexibility index (Phi) is 6.75. The van der Waals surface area contributed by atoms with Crippen molar-refractivity contribution in [2.24, 2.45) is 5.41 Å². The molecule has 0 radical (unpaired) electrons. The summed E-state index contributed by atoms with van der Waals surface area (Å²) >= 11 is 1.57. The lowest BCUT2D eigenvalue weighted by molar-refractivity contribution is -0.137. The van der Waals surface area contributed by atoms with Crippen LogP contribution in [0.4, 0.5) is 5.69 Å². The van der Waals surface area contributed by atoms with Crippen molar-refractivity contribution in [1.82, 2.24) is 0 Å². The van der Waals surface area contributed by atoms with E-state index in [-0.39, 0.29) is 17.7 Å². The van der Waals surface area contributed by atoms with Gasteiger partial charge in [0.25, 0.3) is 0 Å². The van der Waals surface area contributed by atoms with Crippen LogP contribution in [-0.2, 0) is 9.59 Å². The molecule has 1 rings (SSSR count). The van der Waals surface area contributed by atoms with Crippen LogP contribution in [0, 0.1) is 5.41 Å². The number of hydrogen-bond donors (Lipinski definition) is 2. The van der Waals surface area contributed by atoms with Gasteiger partial charge in [-0.25, -0.2) is 0 Å². The number of thioether (sulfide) groups is 1. The average molecular weight is 309 g/mol. The minimum absolute atomic E-state index is 0.00101. The Balaban J connectivity index is 2.58. The Hall–Kier alpha value is -1.49. The lowest BCUT2D eigenvalue weighted by atomic mass is 9.92. The average Bonchev–Trinajstić information content (AvgIpc) is 2.33. The summed E-state index contributed by atoms with van der Waals surface area (Å²) in [5.74, 6) is -0.0539. The van der Waals surface area contributed by atoms with E-state index >= 15 is 0 Å². The zero-order chi connectivity index (χ0) is 15.9. The standard InChI is InChI=1S/C16H23NO3S/c1-16(2,3)11-14(18)17-12-7-4-5-8-13(12)21-10-6-9-15(19)20/h4-5,7-8H,6,9-11H2,1-3H3,(H,17,18)(H,19,20). The fourth-order valence-corrected chi connectivity index (χ4v) is 2.74. The van der Waals surface area contributed by atoms with Crippen molar-refractivity contribution in [3.8, 4) is 0 Å². The molecule has 0 unspecified atom stereocenters. The lowest BCUT2D eigenvalue weighted by Gasteiger charge is -2.18. The molecule has 0 aliphatic carbocycles. The van der Waals surface area contributed by atoms with Gasteiger partial charge in [-0.1, -0.05) is 32.9 Å². The van der Waals surface area contributed by atoms with Crippen molar-refractivity contribution in [3.05, 3.63) is 24.3 Å². The van der Waals surface area contributed by atoms with E-state index in [1.165, 1.54) is 0 Å². The summed E-state index contributed by atoms with van der Waals surface area (Å²) in [6, 6.07) is 7.62. The van der Waals surface area contributed by atoms with Crippen molar-refractivity contribution in [2.45, 2.75) is 44.9 Å². The van der Waals surface area contributed by atoms with E-state index in [4.69, 9.17) is 5.11 Å². The van der Waals surface area contributed by atoms with Crippen molar-refractivity contribution in [2.75, 3.05) is 11.1 Å². The van der Waals surface area contributed by atoms with Gasteiger partial charge < -0.3 is 10.4 Å². The fraction of sp³-hybridized carbons (Fsp3) is 0.500. The first-order valence-electron chi connectivity index (χ1n) is 7.01. The smallest absolute Gasteiger partial charge is 0.303 e. The molecule has 0 aliphatic heterocycles. The van der Waals surface area contributed by atoms with E-state index in [9.17, 15) is 9.59 Å². The van der Waals surface area contributed by atoms with Gasteiger partial charge in [-0.2, -0.15) is 0 Å². The first-order valence-corrected chi connectivity index (χ1v) is 8.00. The van der Waals surface area contributed by atoms with Crippen molar-refractivity contribution in [1.29, 1.82) is 0 Å². The molecule has 0 aromatic heterocycles. The van der Waals surface area contributed by atoms with E-state index in [0.717, 1.165) is 16.3 Å². The van der Waals surface area contributed by atoms with Crippen LogP contribution in [0.2, 0.25) is 0 Å². The van der Waals surface area contributed by atoms with Gasteiger partial charge in [0.15, 0.2) is 0 Å². The number of para-hydroxylation sites is 1. The maximum absolute atomic E-state index is 12.0. The van der Waals surface area contributed by atoms with Gasteiger partial charge in [0, 0.05) is 17.7 Å². The largest absolute Gasteiger partial charge is 0.481 e. The van der Waals surface area contributed by atoms with Crippen LogP contribution in [0.3, 0.4) is 0 Å². The van der Waals surface area contributed by atoms with Crippen LogP contribution in [0.5, 0.6) is 0 Å². The van der Waals surface area contributed by atoms with E-state index in [2.05, 4.69) is 5.32 Å². The van der Waals surface area contributed by atoms with Gasteiger partial charge >= 0.3 is 5.97 Å². The quantitative estimate of drug-likeness (QED) is 0.590. The number of carbonyl (C=O) groups is 2. The van der Waals surface area contributed by atoms with Gasteiger partial charge in [-0.3, -0.25) is 9.59 Å². The number of nitrogens with one attached hydrogen (secondary N) is 1. The third-order valence-corrected chi connectivity index (χ3v) is 3.80. The molecule has 21 heavy (non-hydrogen) atoms. The molecule has 1 aromatic rings. The topological polar surface area (TPSA) is 66.4 Å². The minimum atomic E-state index is -0.776. The summed E-state index contributed by atoms with van der Waals surface area (Å²) < 4.78 is 0. The molecule has 1 amide bonds. The number of amides is 1. The Morgan fingerprint density at radius 1 is 1.24 bits per heavy atom. The highest BCUT2D eigenvalue weighted by molar-refractivity contribution is 7.99. The molecule has 2 N–H and O–H groups in total. The first kappa shape index (κ1) is 17.6. The summed E-state index contributed by atoms with van der Waals surface area (Å²) in [5.41, 5.74) is 0.750. The summed E-state index contributed by atoms with van der Waals surface area (Å²) in [4.78, 5) is 23.5. The van der Waals surface area contributed by atoms with E-state index < -0.39 is 5.97 Å². The molecule has 4 nitrogen and oxygen atoms in total. The zero-order valence-corrected chi connectivity index (χ0v) is 13.6. The Morgan fingerprint density at radius 3 is 2.52 bits per heavy atom. The Morgan fingerprint density at radius 2 is 1.90 bits per heavy atom. The molecule has 0 bridgehead atoms. The van der Waals surface area contributed by atoms with Crippen LogP contribution < -0.4 is 5.32 Å². The van der Waals surface area contributed by atoms with Crippen molar-refractivity contribution >= 4 is 29.3 Å². The summed E-state index contributed by atoms with van der Waals surface area (Å²) in [7, 11) is 0. The molecule has 0 aliphatic rings. The molecule has 116 valence electrons. The SMILES string of the molecule is CC(C)(C)CC(=O)Nc1ccccc1SCCCC(=O)O. The van der Waals surface area contributed by atoms with Gasteiger partial charge in [-0.05, 0) is 29.7 Å². The highest BCUT2D eigenvalue weighted by Crippen LogP contribution is 2.28. The number of hydrogen-bond acceptors (Lipinski definition) is 3. The lowest BCUT2D eigenvalue weighted by Crippen LogP contribution is -2.19. The maximum atomic E-state index is 12.0. The molecule has 5 heteroatoms. The van der Waals surface area contributed by atoms with E-state index in [1.807, 2.05) is 45.0 Å². The second kappa shape index (κ2) is 8.08. The Labute approximate surface area is 130 Å². The summed E-state index contributed by atoms with van der Waals surface area (Å²) in [6.45, 7) is 6.08. The number of carboxylic acid groups (broad SMARTS) is 1.